The Bertz CT molecular complexity index is 578. The van der Waals surface area contributed by atoms with Crippen molar-refractivity contribution in [2.75, 3.05) is 26.2 Å². The van der Waals surface area contributed by atoms with Crippen LogP contribution in [-0.4, -0.2) is 66.8 Å². The zero-order valence-electron chi connectivity index (χ0n) is 11.6. The quantitative estimate of drug-likeness (QED) is 0.514. The number of amides is 3. The summed E-state index contributed by atoms with van der Waals surface area (Å²) in [5.41, 5.74) is 0.516. The van der Waals surface area contributed by atoms with E-state index in [0.717, 1.165) is 13.1 Å². The molecule has 0 N–H and O–H groups in total. The molecule has 108 valence electrons. The second kappa shape index (κ2) is 5.21. The zero-order chi connectivity index (χ0) is 15.0. The van der Waals surface area contributed by atoms with Crippen molar-refractivity contribution in [3.8, 4) is 0 Å². The fourth-order valence-electron chi connectivity index (χ4n) is 2.37. The van der Waals surface area contributed by atoms with Crippen LogP contribution in [0.3, 0.4) is 0 Å². The summed E-state index contributed by atoms with van der Waals surface area (Å²) in [5.74, 6) is -1.20. The lowest BCUT2D eigenvalue weighted by Gasteiger charge is -2.32. The second-order valence-electron chi connectivity index (χ2n) is 5.10. The molecule has 2 aliphatic rings. The van der Waals surface area contributed by atoms with Crippen molar-refractivity contribution in [3.63, 3.8) is 0 Å². The fraction of sp³-hybridized carbons (Fsp3) is 0.308. The minimum absolute atomic E-state index is 0.258. The summed E-state index contributed by atoms with van der Waals surface area (Å²) in [7, 11) is 1.97. The van der Waals surface area contributed by atoms with E-state index in [0.29, 0.717) is 18.2 Å². The number of fused-ring (bicyclic) bond motifs is 1. The Balaban J connectivity index is 1.70. The van der Waals surface area contributed by atoms with Crippen LogP contribution in [0.1, 0.15) is 20.7 Å². The first-order chi connectivity index (χ1) is 10.1. The molecule has 0 saturated carbocycles. The third-order valence-corrected chi connectivity index (χ3v) is 3.69. The van der Waals surface area contributed by atoms with Gasteiger partial charge in [0, 0.05) is 26.2 Å². The normalized spacial score (nSPS) is 18.9. The van der Waals surface area contributed by atoms with Gasteiger partial charge < -0.3 is 14.5 Å². The maximum atomic E-state index is 12.1. The van der Waals surface area contributed by atoms with Crippen molar-refractivity contribution < 1.29 is 19.2 Å². The van der Waals surface area contributed by atoms with Crippen molar-refractivity contribution in [2.24, 2.45) is 0 Å². The Morgan fingerprint density at radius 2 is 1.52 bits per heavy atom. The first-order valence-electron chi connectivity index (χ1n) is 6.71. The lowest BCUT2D eigenvalue weighted by atomic mass is 10.1. The van der Waals surface area contributed by atoms with E-state index in [1.54, 1.807) is 24.3 Å². The van der Waals surface area contributed by atoms with E-state index >= 15 is 0 Å². The standard InChI is InChI=1S/C13H14BN3O4/c14-16-7-5-15(6-8-16)13(20)21-17-11(18)9-3-1-2-4-10(9)12(17)19/h1-4H,5-8,14H2. The van der Waals surface area contributed by atoms with Crippen molar-refractivity contribution >= 4 is 25.9 Å². The van der Waals surface area contributed by atoms with Gasteiger partial charge in [0.2, 0.25) is 0 Å². The smallest absolute Gasteiger partial charge is 0.346 e. The molecule has 0 aromatic heterocycles. The van der Waals surface area contributed by atoms with Crippen LogP contribution < -0.4 is 0 Å². The number of hydroxylamine groups is 2. The number of hydrogen-bond donors (Lipinski definition) is 0. The number of carbonyl (C=O) groups excluding carboxylic acids is 3. The molecular formula is C13H14BN3O4. The number of hydrogen-bond acceptors (Lipinski definition) is 5. The van der Waals surface area contributed by atoms with Gasteiger partial charge in [-0.3, -0.25) is 9.59 Å². The number of benzene rings is 1. The topological polar surface area (TPSA) is 70.2 Å². The Kier molecular flexibility index (Phi) is 3.38. The molecule has 0 radical (unpaired) electrons. The number of carbonyl (C=O) groups is 3. The van der Waals surface area contributed by atoms with Crippen LogP contribution in [0.4, 0.5) is 4.79 Å². The molecule has 3 rings (SSSR count). The third-order valence-electron chi connectivity index (χ3n) is 3.69. The first-order valence-corrected chi connectivity index (χ1v) is 6.71. The van der Waals surface area contributed by atoms with Gasteiger partial charge >= 0.3 is 6.09 Å². The van der Waals surface area contributed by atoms with Gasteiger partial charge in [0.1, 0.15) is 0 Å². The molecule has 0 spiro atoms. The maximum absolute atomic E-state index is 12.1. The van der Waals surface area contributed by atoms with Gasteiger partial charge in [-0.05, 0) is 12.1 Å². The molecule has 1 aromatic carbocycles. The molecule has 21 heavy (non-hydrogen) atoms. The largest absolute Gasteiger partial charge is 0.434 e. The Hall–Kier alpha value is -2.35. The predicted octanol–water partition coefficient (Wildman–Crippen LogP) is -0.500. The molecule has 1 fully saturated rings. The molecule has 3 amide bonds. The predicted molar refractivity (Wildman–Crippen MR) is 75.1 cm³/mol. The van der Waals surface area contributed by atoms with Gasteiger partial charge in [-0.25, -0.2) is 4.79 Å². The van der Waals surface area contributed by atoms with Gasteiger partial charge in [-0.2, -0.15) is 0 Å². The highest BCUT2D eigenvalue weighted by Crippen LogP contribution is 2.23. The average molecular weight is 287 g/mol. The van der Waals surface area contributed by atoms with Gasteiger partial charge in [0.15, 0.2) is 7.98 Å². The molecule has 0 bridgehead atoms. The summed E-state index contributed by atoms with van der Waals surface area (Å²) in [6.07, 6.45) is -0.669. The van der Waals surface area contributed by atoms with E-state index < -0.39 is 17.9 Å². The van der Waals surface area contributed by atoms with Crippen molar-refractivity contribution in [3.05, 3.63) is 35.4 Å². The molecule has 2 aliphatic heterocycles. The van der Waals surface area contributed by atoms with Crippen LogP contribution in [0.25, 0.3) is 0 Å². The van der Waals surface area contributed by atoms with Crippen LogP contribution in [0.5, 0.6) is 0 Å². The SMILES string of the molecule is BN1CCN(C(=O)ON2C(=O)c3ccccc3C2=O)CC1. The maximum Gasteiger partial charge on any atom is 0.434 e. The van der Waals surface area contributed by atoms with E-state index in [4.69, 9.17) is 4.84 Å². The van der Waals surface area contributed by atoms with E-state index in [1.807, 2.05) is 7.98 Å². The molecule has 1 saturated heterocycles. The summed E-state index contributed by atoms with van der Waals surface area (Å²) >= 11 is 0. The minimum Gasteiger partial charge on any atom is -0.346 e. The summed E-state index contributed by atoms with van der Waals surface area (Å²) in [6.45, 7) is 2.49. The molecule has 7 nitrogen and oxygen atoms in total. The lowest BCUT2D eigenvalue weighted by Crippen LogP contribution is -2.49. The highest BCUT2D eigenvalue weighted by Gasteiger charge is 2.39. The van der Waals surface area contributed by atoms with Gasteiger partial charge in [0.05, 0.1) is 11.1 Å². The van der Waals surface area contributed by atoms with Gasteiger partial charge in [-0.15, -0.1) is 0 Å². The van der Waals surface area contributed by atoms with Gasteiger partial charge in [0.25, 0.3) is 11.8 Å². The van der Waals surface area contributed by atoms with Crippen molar-refractivity contribution in [1.82, 2.24) is 14.8 Å². The van der Waals surface area contributed by atoms with Crippen LogP contribution in [0.2, 0.25) is 0 Å². The minimum atomic E-state index is -0.669. The van der Waals surface area contributed by atoms with E-state index in [9.17, 15) is 14.4 Å². The Morgan fingerprint density at radius 1 is 1.00 bits per heavy atom. The van der Waals surface area contributed by atoms with E-state index in [2.05, 4.69) is 4.81 Å². The summed E-state index contributed by atoms with van der Waals surface area (Å²) < 4.78 is 0. The van der Waals surface area contributed by atoms with Crippen molar-refractivity contribution in [1.29, 1.82) is 0 Å². The van der Waals surface area contributed by atoms with Gasteiger partial charge in [-0.1, -0.05) is 17.2 Å². The van der Waals surface area contributed by atoms with Crippen LogP contribution in [0, 0.1) is 0 Å². The number of piperazine rings is 1. The highest BCUT2D eigenvalue weighted by atomic mass is 16.7. The average Bonchev–Trinajstić information content (AvgIpc) is 2.73. The molecule has 8 heteroatoms. The first kappa shape index (κ1) is 13.6. The van der Waals surface area contributed by atoms with Crippen LogP contribution >= 0.6 is 0 Å². The summed E-state index contributed by atoms with van der Waals surface area (Å²) in [4.78, 5) is 44.8. The molecule has 0 unspecified atom stereocenters. The Morgan fingerprint density at radius 3 is 2.05 bits per heavy atom. The van der Waals surface area contributed by atoms with Crippen LogP contribution in [-0.2, 0) is 4.84 Å². The number of imide groups is 1. The summed E-state index contributed by atoms with van der Waals surface area (Å²) in [5, 5.41) is 0.547. The molecule has 0 atom stereocenters. The zero-order valence-corrected chi connectivity index (χ0v) is 11.6. The van der Waals surface area contributed by atoms with Crippen molar-refractivity contribution in [2.45, 2.75) is 0 Å². The molecule has 1 aromatic rings. The molecule has 2 heterocycles. The number of rotatable bonds is 1. The molecular weight excluding hydrogens is 273 g/mol. The van der Waals surface area contributed by atoms with E-state index in [-0.39, 0.29) is 11.1 Å². The van der Waals surface area contributed by atoms with Crippen LogP contribution in [0.15, 0.2) is 24.3 Å². The second-order valence-corrected chi connectivity index (χ2v) is 5.10. The summed E-state index contributed by atoms with van der Waals surface area (Å²) in [6, 6.07) is 6.41. The van der Waals surface area contributed by atoms with E-state index in [1.165, 1.54) is 4.90 Å². The third kappa shape index (κ3) is 2.38. The molecule has 0 aliphatic carbocycles. The lowest BCUT2D eigenvalue weighted by molar-refractivity contribution is -0.0590. The Labute approximate surface area is 122 Å². The monoisotopic (exact) mass is 287 g/mol. The fourth-order valence-corrected chi connectivity index (χ4v) is 2.37. The highest BCUT2D eigenvalue weighted by molar-refractivity contribution is 6.20. The number of nitrogens with zero attached hydrogens (tertiary/aromatic N) is 3.